The average Bonchev–Trinajstić information content (AvgIpc) is 2.36. The van der Waals surface area contributed by atoms with Gasteiger partial charge in [0.05, 0.1) is 0 Å². The molecule has 1 atom stereocenters. The first-order valence-corrected chi connectivity index (χ1v) is 5.84. The molecule has 0 aliphatic carbocycles. The van der Waals surface area contributed by atoms with Crippen molar-refractivity contribution in [3.8, 4) is 0 Å². The van der Waals surface area contributed by atoms with Crippen molar-refractivity contribution in [2.45, 2.75) is 24.8 Å². The molecule has 0 spiro atoms. The maximum absolute atomic E-state index is 12.7. The molecule has 23 heavy (non-hydrogen) atoms. The van der Waals surface area contributed by atoms with E-state index in [1.54, 1.807) is 5.32 Å². The third-order valence-corrected chi connectivity index (χ3v) is 2.90. The fourth-order valence-corrected chi connectivity index (χ4v) is 1.46. The van der Waals surface area contributed by atoms with E-state index in [1.165, 1.54) is 12.1 Å². The highest BCUT2D eigenvalue weighted by Gasteiger charge is 2.68. The van der Waals surface area contributed by atoms with Crippen LogP contribution in [0, 0.1) is 5.21 Å². The van der Waals surface area contributed by atoms with Crippen molar-refractivity contribution < 1.29 is 41.6 Å². The molecule has 0 fully saturated rings. The summed E-state index contributed by atoms with van der Waals surface area (Å²) in [7, 11) is 0. The Kier molecular flexibility index (Phi) is 5.13. The molecule has 4 N–H and O–H groups in total. The summed E-state index contributed by atoms with van der Waals surface area (Å²) in [5, 5.41) is 20.7. The van der Waals surface area contributed by atoms with Crippen molar-refractivity contribution in [2.24, 2.45) is 0 Å². The monoisotopic (exact) mass is 347 g/mol. The number of halogens is 6. The lowest BCUT2D eigenvalue weighted by molar-refractivity contribution is -0.990. The molecular formula is C11H11F6N3O3. The molecule has 0 aliphatic rings. The van der Waals surface area contributed by atoms with Crippen molar-refractivity contribution in [1.29, 1.82) is 0 Å². The summed E-state index contributed by atoms with van der Waals surface area (Å²) in [4.78, 5) is 11.5. The van der Waals surface area contributed by atoms with Crippen molar-refractivity contribution in [3.05, 3.63) is 29.5 Å². The lowest BCUT2D eigenvalue weighted by Gasteiger charge is -2.34. The van der Waals surface area contributed by atoms with Crippen LogP contribution >= 0.6 is 0 Å². The second-order valence-corrected chi connectivity index (χ2v) is 4.55. The number of benzene rings is 1. The molecule has 1 aromatic carbocycles. The zero-order valence-corrected chi connectivity index (χ0v) is 11.3. The van der Waals surface area contributed by atoms with E-state index in [2.05, 4.69) is 0 Å². The quantitative estimate of drug-likeness (QED) is 0.499. The minimum atomic E-state index is -5.81. The molecule has 0 radical (unpaired) electrons. The van der Waals surface area contributed by atoms with E-state index >= 15 is 0 Å². The Hall–Kier alpha value is -2.05. The number of para-hydroxylation sites is 2. The number of hydrogen-bond donors (Lipinski definition) is 4. The van der Waals surface area contributed by atoms with Gasteiger partial charge < -0.3 is 15.8 Å². The van der Waals surface area contributed by atoms with Gasteiger partial charge in [-0.25, -0.2) is 10.0 Å². The number of urea groups is 1. The highest BCUT2D eigenvalue weighted by Crippen LogP contribution is 2.42. The summed E-state index contributed by atoms with van der Waals surface area (Å²) in [6.45, 7) is -0.240. The number of alkyl halides is 6. The van der Waals surface area contributed by atoms with Gasteiger partial charge in [0.2, 0.25) is 5.54 Å². The molecule has 1 unspecified atom stereocenters. The SMILES string of the molecule is CC(NC(=O)Nc1ccccc1[NH+]([O-])O)(C(F)(F)F)C(F)(F)F. The second-order valence-electron chi connectivity index (χ2n) is 4.55. The van der Waals surface area contributed by atoms with Gasteiger partial charge in [-0.2, -0.15) is 31.6 Å². The van der Waals surface area contributed by atoms with Gasteiger partial charge in [0.15, 0.2) is 5.69 Å². The molecule has 1 aromatic rings. The number of nitrogens with one attached hydrogen (secondary N) is 3. The molecule has 12 heteroatoms. The van der Waals surface area contributed by atoms with Crippen molar-refractivity contribution in [2.75, 3.05) is 5.32 Å². The van der Waals surface area contributed by atoms with E-state index in [0.29, 0.717) is 0 Å². The van der Waals surface area contributed by atoms with Crippen molar-refractivity contribution in [1.82, 2.24) is 5.32 Å². The second kappa shape index (κ2) is 6.22. The summed E-state index contributed by atoms with van der Waals surface area (Å²) in [5.74, 6) is 0. The maximum atomic E-state index is 12.7. The van der Waals surface area contributed by atoms with Gasteiger partial charge >= 0.3 is 18.4 Å². The first-order chi connectivity index (χ1) is 10.3. The highest BCUT2D eigenvalue weighted by atomic mass is 19.4. The summed E-state index contributed by atoms with van der Waals surface area (Å²) in [6, 6.07) is 2.69. The Morgan fingerprint density at radius 2 is 1.61 bits per heavy atom. The van der Waals surface area contributed by atoms with Gasteiger partial charge in [-0.3, -0.25) is 0 Å². The summed E-state index contributed by atoms with van der Waals surface area (Å²) < 4.78 is 75.9. The molecule has 0 bridgehead atoms. The number of amides is 2. The number of carbonyl (C=O) groups is 1. The van der Waals surface area contributed by atoms with Crippen LogP contribution in [0.1, 0.15) is 6.92 Å². The zero-order chi connectivity index (χ0) is 18.1. The normalized spacial score (nSPS) is 14.3. The topological polar surface area (TPSA) is 88.9 Å². The van der Waals surface area contributed by atoms with Crippen LogP contribution in [0.25, 0.3) is 0 Å². The minimum absolute atomic E-state index is 0.240. The molecular weight excluding hydrogens is 336 g/mol. The smallest absolute Gasteiger partial charge is 0.420 e. The minimum Gasteiger partial charge on any atom is -0.595 e. The first kappa shape index (κ1) is 19.0. The molecule has 1 rings (SSSR count). The standard InChI is InChI=1S/C11H11F6N3O3/c1-9(10(12,13)14,11(15,16)17)19-8(21)18-6-4-2-3-5-7(6)20(22)23/h2-5,20,22H,1H3,(H2,18,19,21). The van der Waals surface area contributed by atoms with Crippen LogP contribution in [-0.4, -0.2) is 29.1 Å². The Labute approximate surface area is 125 Å². The predicted octanol–water partition coefficient (Wildman–Crippen LogP) is 2.09. The molecule has 0 aliphatic heterocycles. The van der Waals surface area contributed by atoms with Crippen molar-refractivity contribution >= 4 is 17.4 Å². The molecule has 0 aromatic heterocycles. The summed E-state index contributed by atoms with van der Waals surface area (Å²) in [6.07, 6.45) is -11.6. The van der Waals surface area contributed by atoms with Gasteiger partial charge in [0.25, 0.3) is 0 Å². The van der Waals surface area contributed by atoms with E-state index in [4.69, 9.17) is 5.21 Å². The van der Waals surface area contributed by atoms with Crippen LogP contribution in [0.3, 0.4) is 0 Å². The highest BCUT2D eigenvalue weighted by molar-refractivity contribution is 5.92. The fraction of sp³-hybridized carbons (Fsp3) is 0.364. The number of carbonyl (C=O) groups excluding carboxylic acids is 1. The number of quaternary nitrogens is 1. The maximum Gasteiger partial charge on any atom is 0.420 e. The number of hydrogen-bond acceptors (Lipinski definition) is 3. The molecule has 130 valence electrons. The van der Waals surface area contributed by atoms with Gasteiger partial charge in [0, 0.05) is 6.07 Å². The Bertz CT molecular complexity index is 559. The van der Waals surface area contributed by atoms with Gasteiger partial charge in [-0.1, -0.05) is 12.1 Å². The average molecular weight is 347 g/mol. The van der Waals surface area contributed by atoms with Gasteiger partial charge in [0.1, 0.15) is 5.69 Å². The Morgan fingerprint density at radius 3 is 2.04 bits per heavy atom. The number of anilines is 1. The van der Waals surface area contributed by atoms with Crippen LogP contribution in [-0.2, 0) is 0 Å². The fourth-order valence-electron chi connectivity index (χ4n) is 1.46. The first-order valence-electron chi connectivity index (χ1n) is 5.84. The van der Waals surface area contributed by atoms with E-state index in [-0.39, 0.29) is 6.92 Å². The van der Waals surface area contributed by atoms with E-state index in [0.717, 1.165) is 17.4 Å². The molecule has 6 nitrogen and oxygen atoms in total. The summed E-state index contributed by atoms with van der Waals surface area (Å²) in [5.41, 5.74) is -5.45. The van der Waals surface area contributed by atoms with E-state index < -0.39 is 40.5 Å². The summed E-state index contributed by atoms with van der Waals surface area (Å²) >= 11 is 0. The van der Waals surface area contributed by atoms with Crippen LogP contribution in [0.4, 0.5) is 42.5 Å². The van der Waals surface area contributed by atoms with Crippen LogP contribution in [0.15, 0.2) is 24.3 Å². The van der Waals surface area contributed by atoms with Crippen LogP contribution in [0.2, 0.25) is 0 Å². The van der Waals surface area contributed by atoms with Crippen LogP contribution < -0.4 is 15.9 Å². The van der Waals surface area contributed by atoms with E-state index in [1.807, 2.05) is 0 Å². The Balaban J connectivity index is 3.04. The van der Waals surface area contributed by atoms with E-state index in [9.17, 15) is 36.3 Å². The zero-order valence-electron chi connectivity index (χ0n) is 11.3. The Morgan fingerprint density at radius 1 is 1.13 bits per heavy atom. The molecule has 2 amide bonds. The molecule has 0 saturated heterocycles. The predicted molar refractivity (Wildman–Crippen MR) is 64.9 cm³/mol. The van der Waals surface area contributed by atoms with Gasteiger partial charge in [-0.05, 0) is 13.0 Å². The third-order valence-electron chi connectivity index (χ3n) is 2.90. The molecule has 0 heterocycles. The molecule has 0 saturated carbocycles. The van der Waals surface area contributed by atoms with Crippen molar-refractivity contribution in [3.63, 3.8) is 0 Å². The van der Waals surface area contributed by atoms with Crippen LogP contribution in [0.5, 0.6) is 0 Å². The lowest BCUT2D eigenvalue weighted by Crippen LogP contribution is -2.99. The largest absolute Gasteiger partial charge is 0.595 e. The third kappa shape index (κ3) is 4.03. The number of rotatable bonds is 3. The lowest BCUT2D eigenvalue weighted by atomic mass is 10.0. The van der Waals surface area contributed by atoms with Gasteiger partial charge in [-0.15, -0.1) is 0 Å².